The van der Waals surface area contributed by atoms with E-state index in [2.05, 4.69) is 11.8 Å². The molecular formula is C24H33N3O3S. The summed E-state index contributed by atoms with van der Waals surface area (Å²) in [7, 11) is -3.41. The lowest BCUT2D eigenvalue weighted by Crippen LogP contribution is -2.44. The zero-order chi connectivity index (χ0) is 22.1. The number of benzene rings is 1. The second-order valence-corrected chi connectivity index (χ2v) is 12.0. The number of morpholine rings is 1. The number of nitrogens with zero attached hydrogens (tertiary/aromatic N) is 3. The van der Waals surface area contributed by atoms with E-state index < -0.39 is 14.6 Å². The molecule has 168 valence electrons. The molecule has 2 fully saturated rings. The fraction of sp³-hybridized carbons (Fsp3) is 0.583. The predicted octanol–water partition coefficient (Wildman–Crippen LogP) is 4.35. The minimum atomic E-state index is -3.41. The number of rotatable bonds is 5. The predicted molar refractivity (Wildman–Crippen MR) is 124 cm³/mol. The van der Waals surface area contributed by atoms with Crippen LogP contribution in [0, 0.1) is 0 Å². The summed E-state index contributed by atoms with van der Waals surface area (Å²) in [5.74, 6) is 1.34. The van der Waals surface area contributed by atoms with Gasteiger partial charge < -0.3 is 9.64 Å². The summed E-state index contributed by atoms with van der Waals surface area (Å²) in [4.78, 5) is 11.9. The molecule has 0 N–H and O–H groups in total. The fourth-order valence-corrected chi connectivity index (χ4v) is 6.80. The van der Waals surface area contributed by atoms with Crippen molar-refractivity contribution in [1.82, 2.24) is 9.97 Å². The highest BCUT2D eigenvalue weighted by Gasteiger charge is 2.44. The minimum absolute atomic E-state index is 0.165. The smallest absolute Gasteiger partial charge is 0.164 e. The molecule has 2 heterocycles. The molecule has 6 nitrogen and oxygen atoms in total. The Bertz CT molecular complexity index is 1000. The molecule has 1 aromatic carbocycles. The maximum Gasteiger partial charge on any atom is 0.164 e. The maximum atomic E-state index is 13.7. The molecule has 1 aliphatic heterocycles. The Morgan fingerprint density at radius 2 is 1.77 bits per heavy atom. The molecule has 1 saturated carbocycles. The van der Waals surface area contributed by atoms with Gasteiger partial charge in [-0.15, -0.1) is 0 Å². The summed E-state index contributed by atoms with van der Waals surface area (Å²) >= 11 is 0. The third-order valence-corrected chi connectivity index (χ3v) is 9.71. The quantitative estimate of drug-likeness (QED) is 0.684. The van der Waals surface area contributed by atoms with E-state index in [-0.39, 0.29) is 11.3 Å². The van der Waals surface area contributed by atoms with Crippen LogP contribution in [0.2, 0.25) is 0 Å². The molecule has 0 radical (unpaired) electrons. The Balaban J connectivity index is 1.81. The van der Waals surface area contributed by atoms with Gasteiger partial charge in [0.25, 0.3) is 0 Å². The van der Waals surface area contributed by atoms with E-state index in [9.17, 15) is 8.42 Å². The Morgan fingerprint density at radius 3 is 2.45 bits per heavy atom. The molecular weight excluding hydrogens is 410 g/mol. The number of aromatic nitrogens is 2. The molecule has 7 heteroatoms. The van der Waals surface area contributed by atoms with Crippen molar-refractivity contribution >= 4 is 15.7 Å². The van der Waals surface area contributed by atoms with Crippen molar-refractivity contribution < 1.29 is 13.2 Å². The highest BCUT2D eigenvalue weighted by Crippen LogP contribution is 2.38. The van der Waals surface area contributed by atoms with E-state index in [0.29, 0.717) is 24.7 Å². The summed E-state index contributed by atoms with van der Waals surface area (Å²) in [6.45, 7) is 7.70. The van der Waals surface area contributed by atoms with Crippen molar-refractivity contribution in [2.75, 3.05) is 24.7 Å². The largest absolute Gasteiger partial charge is 0.377 e. The van der Waals surface area contributed by atoms with Crippen LogP contribution in [0.1, 0.15) is 58.6 Å². The second-order valence-electron chi connectivity index (χ2n) is 9.23. The van der Waals surface area contributed by atoms with E-state index >= 15 is 0 Å². The van der Waals surface area contributed by atoms with Crippen molar-refractivity contribution in [3.05, 3.63) is 42.1 Å². The molecule has 2 aromatic rings. The first-order valence-corrected chi connectivity index (χ1v) is 12.9. The van der Waals surface area contributed by atoms with Gasteiger partial charge in [0.05, 0.1) is 30.2 Å². The standard InChI is InChI=1S/C24H33N3O3S/c1-18-17-30-15-14-27(18)22-16-21(25-23(26-22)19-10-6-4-7-11-19)24(2,3)31(28,29)20-12-8-5-9-13-20/h4,6-7,10-11,16,18,20H,5,8-9,12-15,17H2,1-3H3/t18-/m0/s1. The summed E-state index contributed by atoms with van der Waals surface area (Å²) in [5.41, 5.74) is 1.46. The normalized spacial score (nSPS) is 21.3. The van der Waals surface area contributed by atoms with Gasteiger partial charge in [0, 0.05) is 18.2 Å². The van der Waals surface area contributed by atoms with Gasteiger partial charge in [0.15, 0.2) is 15.7 Å². The van der Waals surface area contributed by atoms with Crippen molar-refractivity contribution in [3.63, 3.8) is 0 Å². The van der Waals surface area contributed by atoms with Crippen molar-refractivity contribution in [2.45, 2.75) is 68.9 Å². The molecule has 2 aliphatic rings. The summed E-state index contributed by atoms with van der Waals surface area (Å²) in [5, 5.41) is -0.294. The maximum absolute atomic E-state index is 13.7. The van der Waals surface area contributed by atoms with Crippen LogP contribution in [0.5, 0.6) is 0 Å². The number of sulfone groups is 1. The summed E-state index contributed by atoms with van der Waals surface area (Å²) in [6, 6.07) is 11.8. The van der Waals surface area contributed by atoms with Crippen LogP contribution >= 0.6 is 0 Å². The zero-order valence-electron chi connectivity index (χ0n) is 18.8. The van der Waals surface area contributed by atoms with Crippen LogP contribution in [0.15, 0.2) is 36.4 Å². The molecule has 0 amide bonds. The highest BCUT2D eigenvalue weighted by molar-refractivity contribution is 7.92. The highest BCUT2D eigenvalue weighted by atomic mass is 32.2. The topological polar surface area (TPSA) is 72.4 Å². The number of ether oxygens (including phenoxy) is 1. The van der Waals surface area contributed by atoms with Gasteiger partial charge >= 0.3 is 0 Å². The van der Waals surface area contributed by atoms with Gasteiger partial charge in [0.2, 0.25) is 0 Å². The van der Waals surface area contributed by atoms with E-state index in [1.54, 1.807) is 13.8 Å². The first-order chi connectivity index (χ1) is 14.8. The number of anilines is 1. The molecule has 0 bridgehead atoms. The molecule has 1 atom stereocenters. The van der Waals surface area contributed by atoms with Gasteiger partial charge in [-0.25, -0.2) is 18.4 Å². The Kier molecular flexibility index (Phi) is 6.35. The first kappa shape index (κ1) is 22.2. The van der Waals surface area contributed by atoms with Crippen LogP contribution in [0.3, 0.4) is 0 Å². The van der Waals surface area contributed by atoms with Crippen molar-refractivity contribution in [2.24, 2.45) is 0 Å². The van der Waals surface area contributed by atoms with Gasteiger partial charge in [-0.05, 0) is 33.6 Å². The lowest BCUT2D eigenvalue weighted by Gasteiger charge is -2.36. The van der Waals surface area contributed by atoms with Crippen molar-refractivity contribution in [1.29, 1.82) is 0 Å². The number of hydrogen-bond acceptors (Lipinski definition) is 6. The van der Waals surface area contributed by atoms with Crippen LogP contribution in [-0.4, -0.2) is 49.4 Å². The van der Waals surface area contributed by atoms with E-state index in [0.717, 1.165) is 50.0 Å². The van der Waals surface area contributed by atoms with E-state index in [4.69, 9.17) is 14.7 Å². The van der Waals surface area contributed by atoms with E-state index in [1.165, 1.54) is 0 Å². The van der Waals surface area contributed by atoms with Gasteiger partial charge in [-0.1, -0.05) is 49.6 Å². The SMILES string of the molecule is C[C@H]1COCCN1c1cc(C(C)(C)S(=O)(=O)C2CCCCC2)nc(-c2ccccc2)n1. The lowest BCUT2D eigenvalue weighted by atomic mass is 10.0. The van der Waals surface area contributed by atoms with Crippen LogP contribution in [0.4, 0.5) is 5.82 Å². The molecule has 1 aromatic heterocycles. The molecule has 1 aliphatic carbocycles. The van der Waals surface area contributed by atoms with Crippen LogP contribution in [0.25, 0.3) is 11.4 Å². The summed E-state index contributed by atoms with van der Waals surface area (Å²) < 4.78 is 31.9. The summed E-state index contributed by atoms with van der Waals surface area (Å²) in [6.07, 6.45) is 4.58. The molecule has 0 unspecified atom stereocenters. The lowest BCUT2D eigenvalue weighted by molar-refractivity contribution is 0.0985. The monoisotopic (exact) mass is 443 g/mol. The third kappa shape index (κ3) is 4.35. The van der Waals surface area contributed by atoms with Gasteiger partial charge in [-0.2, -0.15) is 0 Å². The molecule has 1 saturated heterocycles. The zero-order valence-corrected chi connectivity index (χ0v) is 19.6. The van der Waals surface area contributed by atoms with Crippen molar-refractivity contribution in [3.8, 4) is 11.4 Å². The van der Waals surface area contributed by atoms with E-state index in [1.807, 2.05) is 36.4 Å². The average molecular weight is 444 g/mol. The number of hydrogen-bond donors (Lipinski definition) is 0. The van der Waals surface area contributed by atoms with Gasteiger partial charge in [-0.3, -0.25) is 0 Å². The minimum Gasteiger partial charge on any atom is -0.377 e. The Hall–Kier alpha value is -1.99. The van der Waals surface area contributed by atoms with Crippen LogP contribution < -0.4 is 4.90 Å². The van der Waals surface area contributed by atoms with Crippen LogP contribution in [-0.2, 0) is 19.3 Å². The molecule has 31 heavy (non-hydrogen) atoms. The average Bonchev–Trinajstić information content (AvgIpc) is 2.80. The fourth-order valence-electron chi connectivity index (χ4n) is 4.61. The third-order valence-electron chi connectivity index (χ3n) is 6.73. The first-order valence-electron chi connectivity index (χ1n) is 11.3. The molecule has 0 spiro atoms. The second kappa shape index (κ2) is 8.87. The Labute approximate surface area is 186 Å². The molecule has 4 rings (SSSR count). The van der Waals surface area contributed by atoms with Gasteiger partial charge in [0.1, 0.15) is 10.6 Å². The Morgan fingerprint density at radius 1 is 1.06 bits per heavy atom.